The molecule has 4 N–H and O–H groups in total. The van der Waals surface area contributed by atoms with Crippen molar-refractivity contribution >= 4 is 29.7 Å². The molecule has 0 aliphatic carbocycles. The molecule has 6 rings (SSSR count). The SMILES string of the molecule is COC(=O)[C@H](Cc1ccccc1)NC(=O)NCc1ccccc1-c1ccc([C@@H]2O[C@H](CSc3ccc(C(=O)O)cc3)[C@H](C)[C@H](c3ccc(CO)cc3)O2)cc1. The number of thioether (sulfide) groups is 1. The zero-order chi connectivity index (χ0) is 38.7. The Kier molecular flexibility index (Phi) is 13.4. The van der Waals surface area contributed by atoms with Crippen molar-refractivity contribution < 1.29 is 38.8 Å². The first kappa shape index (κ1) is 39.2. The van der Waals surface area contributed by atoms with Crippen LogP contribution in [0, 0.1) is 5.92 Å². The van der Waals surface area contributed by atoms with Gasteiger partial charge in [0.15, 0.2) is 6.29 Å². The van der Waals surface area contributed by atoms with Gasteiger partial charge in [0, 0.05) is 35.1 Å². The van der Waals surface area contributed by atoms with Crippen molar-refractivity contribution in [1.82, 2.24) is 10.6 Å². The highest BCUT2D eigenvalue weighted by atomic mass is 32.2. The largest absolute Gasteiger partial charge is 0.478 e. The molecule has 0 bridgehead atoms. The van der Waals surface area contributed by atoms with E-state index in [4.69, 9.17) is 14.2 Å². The number of hydrogen-bond acceptors (Lipinski definition) is 8. The number of hydrogen-bond donors (Lipinski definition) is 4. The molecule has 0 radical (unpaired) electrons. The highest BCUT2D eigenvalue weighted by molar-refractivity contribution is 7.99. The fourth-order valence-corrected chi connectivity index (χ4v) is 7.60. The summed E-state index contributed by atoms with van der Waals surface area (Å²) in [6.45, 7) is 2.29. The van der Waals surface area contributed by atoms with Crippen molar-refractivity contribution in [3.8, 4) is 11.1 Å². The van der Waals surface area contributed by atoms with Crippen LogP contribution in [0.1, 0.15) is 57.5 Å². The van der Waals surface area contributed by atoms with Gasteiger partial charge in [-0.25, -0.2) is 14.4 Å². The molecule has 0 spiro atoms. The number of amides is 2. The second-order valence-corrected chi connectivity index (χ2v) is 14.4. The molecule has 5 aromatic carbocycles. The number of carboxylic acid groups (broad SMARTS) is 1. The number of benzene rings is 5. The van der Waals surface area contributed by atoms with Crippen LogP contribution in [0.15, 0.2) is 132 Å². The van der Waals surface area contributed by atoms with E-state index in [2.05, 4.69) is 17.6 Å². The maximum atomic E-state index is 13.0. The van der Waals surface area contributed by atoms with Crippen molar-refractivity contribution in [2.45, 2.75) is 55.9 Å². The molecule has 2 amide bonds. The standard InChI is InChI=1S/C44H44N2O8S/c1-28-39(27-55-36-22-20-33(21-23-36)41(48)49)53-43(54-40(28)32-14-12-30(26-47)13-15-32)34-18-16-31(17-19-34)37-11-7-6-10-35(37)25-45-44(51)46-38(42(50)52-2)24-29-8-4-3-5-9-29/h3-23,28,38-40,43,47H,24-27H2,1-2H3,(H,48,49)(H2,45,46,51)/t28-,38-,39+,40+,43+/m0/s1. The van der Waals surface area contributed by atoms with Gasteiger partial charge >= 0.3 is 18.0 Å². The number of aliphatic hydroxyl groups is 1. The quantitative estimate of drug-likeness (QED) is 0.0661. The Hall–Kier alpha value is -5.46. The highest BCUT2D eigenvalue weighted by Crippen LogP contribution is 2.43. The first-order chi connectivity index (χ1) is 26.7. The number of rotatable bonds is 14. The molecule has 284 valence electrons. The van der Waals surface area contributed by atoms with Gasteiger partial charge in [-0.2, -0.15) is 0 Å². The summed E-state index contributed by atoms with van der Waals surface area (Å²) in [6, 6.07) is 38.5. The van der Waals surface area contributed by atoms with E-state index in [9.17, 15) is 24.6 Å². The molecule has 5 atom stereocenters. The Bertz CT molecular complexity index is 2040. The minimum atomic E-state index is -0.963. The van der Waals surface area contributed by atoms with E-state index < -0.39 is 30.3 Å². The Morgan fingerprint density at radius 2 is 1.47 bits per heavy atom. The van der Waals surface area contributed by atoms with Crippen molar-refractivity contribution in [2.75, 3.05) is 12.9 Å². The predicted octanol–water partition coefficient (Wildman–Crippen LogP) is 7.71. The van der Waals surface area contributed by atoms with Crippen LogP contribution >= 0.6 is 11.8 Å². The number of methoxy groups -OCH3 is 1. The molecule has 1 saturated heterocycles. The molecule has 0 saturated carbocycles. The minimum absolute atomic E-state index is 0.0147. The van der Waals surface area contributed by atoms with Gasteiger partial charge in [-0.1, -0.05) is 110 Å². The summed E-state index contributed by atoms with van der Waals surface area (Å²) < 4.78 is 18.2. The van der Waals surface area contributed by atoms with E-state index in [1.54, 1.807) is 23.9 Å². The third kappa shape index (κ3) is 10.2. The normalized spacial score (nSPS) is 18.5. The summed E-state index contributed by atoms with van der Waals surface area (Å²) in [5, 5.41) is 24.5. The fraction of sp³-hybridized carbons (Fsp3) is 0.250. The van der Waals surface area contributed by atoms with Crippen LogP contribution in [0.5, 0.6) is 0 Å². The van der Waals surface area contributed by atoms with Crippen LogP contribution in [0.4, 0.5) is 4.79 Å². The molecule has 0 aromatic heterocycles. The zero-order valence-corrected chi connectivity index (χ0v) is 31.4. The Labute approximate surface area is 324 Å². The molecule has 1 heterocycles. The van der Waals surface area contributed by atoms with Gasteiger partial charge in [0.1, 0.15) is 6.04 Å². The van der Waals surface area contributed by atoms with Crippen molar-refractivity contribution in [1.29, 1.82) is 0 Å². The zero-order valence-electron chi connectivity index (χ0n) is 30.6. The molecule has 1 aliphatic heterocycles. The van der Waals surface area contributed by atoms with Crippen LogP contribution in [0.25, 0.3) is 11.1 Å². The van der Waals surface area contributed by atoms with Gasteiger partial charge in [0.2, 0.25) is 0 Å². The number of carbonyl (C=O) groups is 3. The van der Waals surface area contributed by atoms with Gasteiger partial charge in [-0.15, -0.1) is 11.8 Å². The van der Waals surface area contributed by atoms with E-state index in [0.717, 1.165) is 43.8 Å². The topological polar surface area (TPSA) is 143 Å². The second kappa shape index (κ2) is 18.7. The number of carbonyl (C=O) groups excluding carboxylic acids is 2. The van der Waals surface area contributed by atoms with Crippen molar-refractivity contribution in [2.24, 2.45) is 5.92 Å². The van der Waals surface area contributed by atoms with Gasteiger partial charge in [-0.3, -0.25) is 0 Å². The molecule has 10 nitrogen and oxygen atoms in total. The van der Waals surface area contributed by atoms with Crippen molar-refractivity contribution in [3.05, 3.63) is 161 Å². The Morgan fingerprint density at radius 1 is 0.800 bits per heavy atom. The van der Waals surface area contributed by atoms with E-state index in [-0.39, 0.29) is 36.8 Å². The number of aromatic carboxylic acids is 1. The molecular weight excluding hydrogens is 717 g/mol. The van der Waals surface area contributed by atoms with E-state index in [1.807, 2.05) is 115 Å². The lowest BCUT2D eigenvalue weighted by atomic mass is 9.91. The molecule has 11 heteroatoms. The summed E-state index contributed by atoms with van der Waals surface area (Å²) in [5.41, 5.74) is 6.55. The minimum Gasteiger partial charge on any atom is -0.478 e. The summed E-state index contributed by atoms with van der Waals surface area (Å²) in [7, 11) is 1.30. The second-order valence-electron chi connectivity index (χ2n) is 13.3. The Balaban J connectivity index is 1.16. The summed E-state index contributed by atoms with van der Waals surface area (Å²) in [6.07, 6.45) is -0.840. The number of carboxylic acids is 1. The van der Waals surface area contributed by atoms with Crippen LogP contribution in [-0.4, -0.2) is 53.2 Å². The van der Waals surface area contributed by atoms with Crippen LogP contribution in [-0.2, 0) is 38.6 Å². The average molecular weight is 761 g/mol. The third-order valence-electron chi connectivity index (χ3n) is 9.66. The van der Waals surface area contributed by atoms with Crippen LogP contribution in [0.3, 0.4) is 0 Å². The highest BCUT2D eigenvalue weighted by Gasteiger charge is 2.38. The Morgan fingerprint density at radius 3 is 2.15 bits per heavy atom. The molecule has 1 fully saturated rings. The van der Waals surface area contributed by atoms with E-state index in [0.29, 0.717) is 12.2 Å². The summed E-state index contributed by atoms with van der Waals surface area (Å²) >= 11 is 1.60. The predicted molar refractivity (Wildman–Crippen MR) is 210 cm³/mol. The summed E-state index contributed by atoms with van der Waals surface area (Å²) in [5.74, 6) is -0.880. The molecular formula is C44H44N2O8S. The van der Waals surface area contributed by atoms with E-state index >= 15 is 0 Å². The van der Waals surface area contributed by atoms with Crippen molar-refractivity contribution in [3.63, 3.8) is 0 Å². The van der Waals surface area contributed by atoms with Crippen LogP contribution in [0.2, 0.25) is 0 Å². The van der Waals surface area contributed by atoms with Gasteiger partial charge in [0.05, 0.1) is 31.5 Å². The molecule has 0 unspecified atom stereocenters. The first-order valence-electron chi connectivity index (χ1n) is 18.0. The first-order valence-corrected chi connectivity index (χ1v) is 19.0. The monoisotopic (exact) mass is 760 g/mol. The molecule has 1 aliphatic rings. The summed E-state index contributed by atoms with van der Waals surface area (Å²) in [4.78, 5) is 37.7. The van der Waals surface area contributed by atoms with E-state index in [1.165, 1.54) is 7.11 Å². The third-order valence-corrected chi connectivity index (χ3v) is 10.8. The van der Waals surface area contributed by atoms with Gasteiger partial charge in [-0.05, 0) is 57.6 Å². The maximum Gasteiger partial charge on any atom is 0.335 e. The smallest absolute Gasteiger partial charge is 0.335 e. The fourth-order valence-electron chi connectivity index (χ4n) is 6.53. The van der Waals surface area contributed by atoms with Gasteiger partial charge < -0.3 is 35.1 Å². The number of nitrogens with one attached hydrogen (secondary N) is 2. The van der Waals surface area contributed by atoms with Crippen LogP contribution < -0.4 is 10.6 Å². The lowest BCUT2D eigenvalue weighted by Crippen LogP contribution is -2.47. The molecule has 55 heavy (non-hydrogen) atoms. The number of urea groups is 1. The average Bonchev–Trinajstić information content (AvgIpc) is 3.22. The number of ether oxygens (including phenoxy) is 3. The molecule has 5 aromatic rings. The maximum absolute atomic E-state index is 13.0. The number of esters is 1. The lowest BCUT2D eigenvalue weighted by molar-refractivity contribution is -0.268. The lowest BCUT2D eigenvalue weighted by Gasteiger charge is -2.41. The number of aliphatic hydroxyl groups excluding tert-OH is 1. The van der Waals surface area contributed by atoms with Gasteiger partial charge in [0.25, 0.3) is 0 Å².